The van der Waals surface area contributed by atoms with E-state index in [1.165, 1.54) is 27.9 Å². The van der Waals surface area contributed by atoms with Gasteiger partial charge in [-0.15, -0.1) is 11.3 Å². The van der Waals surface area contributed by atoms with Crippen LogP contribution in [0.1, 0.15) is 34.5 Å². The summed E-state index contributed by atoms with van der Waals surface area (Å²) in [5.41, 5.74) is 3.64. The van der Waals surface area contributed by atoms with Crippen LogP contribution in [0.15, 0.2) is 54.1 Å². The van der Waals surface area contributed by atoms with Crippen LogP contribution < -0.4 is 0 Å². The molecule has 0 unspecified atom stereocenters. The first-order valence-corrected chi connectivity index (χ1v) is 11.0. The molecule has 1 fully saturated rings. The van der Waals surface area contributed by atoms with Gasteiger partial charge in [0.25, 0.3) is 5.91 Å². The Bertz CT molecular complexity index is 1080. The van der Waals surface area contributed by atoms with Gasteiger partial charge in [-0.05, 0) is 42.3 Å². The fourth-order valence-electron chi connectivity index (χ4n) is 4.47. The van der Waals surface area contributed by atoms with E-state index in [9.17, 15) is 9.59 Å². The normalized spacial score (nSPS) is 19.6. The summed E-state index contributed by atoms with van der Waals surface area (Å²) >= 11 is 1.44. The van der Waals surface area contributed by atoms with Gasteiger partial charge in [0.05, 0.1) is 4.88 Å². The minimum atomic E-state index is -0.326. The predicted molar refractivity (Wildman–Crippen MR) is 116 cm³/mol. The molecule has 1 saturated heterocycles. The zero-order valence-corrected chi connectivity index (χ0v) is 17.0. The summed E-state index contributed by atoms with van der Waals surface area (Å²) in [5, 5.41) is 3.13. The van der Waals surface area contributed by atoms with Gasteiger partial charge in [-0.2, -0.15) is 0 Å². The molecule has 5 rings (SSSR count). The topological polar surface area (TPSA) is 56.4 Å². The Kier molecular flexibility index (Phi) is 4.72. The second kappa shape index (κ2) is 7.52. The molecule has 2 amide bonds. The summed E-state index contributed by atoms with van der Waals surface area (Å²) in [6.45, 7) is 1.96. The van der Waals surface area contributed by atoms with Gasteiger partial charge in [-0.1, -0.05) is 30.3 Å². The maximum absolute atomic E-state index is 13.2. The van der Waals surface area contributed by atoms with Crippen LogP contribution in [0.4, 0.5) is 0 Å². The molecule has 29 heavy (non-hydrogen) atoms. The van der Waals surface area contributed by atoms with Crippen LogP contribution >= 0.6 is 11.3 Å². The number of nitrogens with zero attached hydrogens (tertiary/aromatic N) is 2. The van der Waals surface area contributed by atoms with Crippen molar-refractivity contribution in [3.05, 3.63) is 64.5 Å². The Morgan fingerprint density at radius 2 is 2.00 bits per heavy atom. The van der Waals surface area contributed by atoms with Crippen LogP contribution in [0.25, 0.3) is 16.5 Å². The van der Waals surface area contributed by atoms with Gasteiger partial charge in [-0.3, -0.25) is 9.59 Å². The summed E-state index contributed by atoms with van der Waals surface area (Å²) < 4.78 is 0. The van der Waals surface area contributed by atoms with Crippen LogP contribution in [-0.4, -0.2) is 52.3 Å². The van der Waals surface area contributed by atoms with E-state index < -0.39 is 0 Å². The number of para-hydroxylation sites is 1. The number of aromatic amines is 1. The Morgan fingerprint density at radius 3 is 2.79 bits per heavy atom. The lowest BCUT2D eigenvalue weighted by atomic mass is 9.98. The summed E-state index contributed by atoms with van der Waals surface area (Å²) in [5.74, 6) is 0.0736. The van der Waals surface area contributed by atoms with Crippen molar-refractivity contribution in [3.63, 3.8) is 0 Å². The van der Waals surface area contributed by atoms with Crippen molar-refractivity contribution in [2.75, 3.05) is 19.6 Å². The van der Waals surface area contributed by atoms with Gasteiger partial charge >= 0.3 is 0 Å². The van der Waals surface area contributed by atoms with Crippen molar-refractivity contribution in [3.8, 4) is 0 Å². The average Bonchev–Trinajstić information content (AvgIpc) is 3.53. The maximum atomic E-state index is 13.2. The van der Waals surface area contributed by atoms with Gasteiger partial charge in [0.15, 0.2) is 0 Å². The van der Waals surface area contributed by atoms with E-state index in [1.807, 2.05) is 28.5 Å². The van der Waals surface area contributed by atoms with E-state index in [0.717, 1.165) is 24.8 Å². The van der Waals surface area contributed by atoms with Gasteiger partial charge in [0.1, 0.15) is 6.04 Å². The second-order valence-electron chi connectivity index (χ2n) is 7.65. The van der Waals surface area contributed by atoms with E-state index in [-0.39, 0.29) is 17.9 Å². The highest BCUT2D eigenvalue weighted by atomic mass is 32.1. The summed E-state index contributed by atoms with van der Waals surface area (Å²) in [7, 11) is 0. The molecule has 0 spiro atoms. The Morgan fingerprint density at radius 1 is 1.10 bits per heavy atom. The predicted octanol–water partition coefficient (Wildman–Crippen LogP) is 4.15. The van der Waals surface area contributed by atoms with Crippen LogP contribution in [0.5, 0.6) is 0 Å². The SMILES string of the molecule is O=C([C@H]1CCCN1C(=O)c1cccs1)N1CC=C(c2c[nH]c3ccccc23)CC1. The number of benzene rings is 1. The lowest BCUT2D eigenvalue weighted by Gasteiger charge is -2.32. The highest BCUT2D eigenvalue weighted by Gasteiger charge is 2.37. The zero-order valence-electron chi connectivity index (χ0n) is 16.1. The molecular formula is C23H23N3O2S. The molecular weight excluding hydrogens is 382 g/mol. The number of hydrogen-bond acceptors (Lipinski definition) is 3. The molecule has 2 aliphatic rings. The molecule has 4 heterocycles. The summed E-state index contributed by atoms with van der Waals surface area (Å²) in [4.78, 5) is 33.7. The number of rotatable bonds is 3. The van der Waals surface area contributed by atoms with Crippen molar-refractivity contribution in [2.24, 2.45) is 0 Å². The minimum absolute atomic E-state index is 0.0112. The number of thiophene rings is 1. The molecule has 0 radical (unpaired) electrons. The van der Waals surface area contributed by atoms with Crippen LogP contribution in [0, 0.1) is 0 Å². The first kappa shape index (κ1) is 18.2. The monoisotopic (exact) mass is 405 g/mol. The molecule has 1 aromatic carbocycles. The van der Waals surface area contributed by atoms with E-state index in [0.29, 0.717) is 24.5 Å². The number of nitrogens with one attached hydrogen (secondary N) is 1. The number of hydrogen-bond donors (Lipinski definition) is 1. The first-order valence-electron chi connectivity index (χ1n) is 10.1. The molecule has 1 atom stereocenters. The van der Waals surface area contributed by atoms with E-state index in [4.69, 9.17) is 0 Å². The molecule has 0 bridgehead atoms. The largest absolute Gasteiger partial charge is 0.361 e. The van der Waals surface area contributed by atoms with Crippen LogP contribution in [0.3, 0.4) is 0 Å². The van der Waals surface area contributed by atoms with Crippen molar-refractivity contribution in [1.29, 1.82) is 0 Å². The third-order valence-corrected chi connectivity index (χ3v) is 6.84. The molecule has 148 valence electrons. The van der Waals surface area contributed by atoms with Gasteiger partial charge in [-0.25, -0.2) is 0 Å². The third kappa shape index (κ3) is 3.27. The Labute approximate surface area is 173 Å². The fourth-order valence-corrected chi connectivity index (χ4v) is 5.15. The van der Waals surface area contributed by atoms with Crippen molar-refractivity contribution in [1.82, 2.24) is 14.8 Å². The molecule has 0 aliphatic carbocycles. The van der Waals surface area contributed by atoms with E-state index >= 15 is 0 Å². The van der Waals surface area contributed by atoms with Crippen LogP contribution in [0.2, 0.25) is 0 Å². The highest BCUT2D eigenvalue weighted by molar-refractivity contribution is 7.12. The van der Waals surface area contributed by atoms with Crippen molar-refractivity contribution < 1.29 is 9.59 Å². The fraction of sp³-hybridized carbons (Fsp3) is 0.304. The number of aromatic nitrogens is 1. The molecule has 3 aromatic rings. The molecule has 0 saturated carbocycles. The highest BCUT2D eigenvalue weighted by Crippen LogP contribution is 2.30. The number of H-pyrrole nitrogens is 1. The Hall–Kier alpha value is -2.86. The number of carbonyl (C=O) groups excluding carboxylic acids is 2. The van der Waals surface area contributed by atoms with Crippen LogP contribution in [-0.2, 0) is 4.79 Å². The molecule has 2 aliphatic heterocycles. The van der Waals surface area contributed by atoms with Gasteiger partial charge in [0.2, 0.25) is 5.91 Å². The lowest BCUT2D eigenvalue weighted by molar-refractivity contribution is -0.134. The van der Waals surface area contributed by atoms with Crippen molar-refractivity contribution in [2.45, 2.75) is 25.3 Å². The number of carbonyl (C=O) groups is 2. The second-order valence-corrected chi connectivity index (χ2v) is 8.59. The zero-order chi connectivity index (χ0) is 19.8. The first-order chi connectivity index (χ1) is 14.2. The van der Waals surface area contributed by atoms with Gasteiger partial charge < -0.3 is 14.8 Å². The van der Waals surface area contributed by atoms with E-state index in [2.05, 4.69) is 35.5 Å². The van der Waals surface area contributed by atoms with Crippen molar-refractivity contribution >= 4 is 39.6 Å². The summed E-state index contributed by atoms with van der Waals surface area (Å²) in [6.07, 6.45) is 6.70. The lowest BCUT2D eigenvalue weighted by Crippen LogP contribution is -2.48. The Balaban J connectivity index is 1.31. The average molecular weight is 406 g/mol. The third-order valence-electron chi connectivity index (χ3n) is 5.99. The number of fused-ring (bicyclic) bond motifs is 1. The molecule has 1 N–H and O–H groups in total. The number of likely N-dealkylation sites (tertiary alicyclic amines) is 1. The molecule has 5 nitrogen and oxygen atoms in total. The van der Waals surface area contributed by atoms with Gasteiger partial charge in [0, 0.05) is 42.3 Å². The quantitative estimate of drug-likeness (QED) is 0.712. The summed E-state index contributed by atoms with van der Waals surface area (Å²) in [6, 6.07) is 11.7. The smallest absolute Gasteiger partial charge is 0.264 e. The standard InChI is InChI=1S/C23H23N3O2S/c27-22(20-7-3-11-26(20)23(28)21-8-4-14-29-21)25-12-9-16(10-13-25)18-15-24-19-6-2-1-5-17(18)19/h1-2,4-6,8-9,14-15,20,24H,3,7,10-13H2/t20-/m1/s1. The minimum Gasteiger partial charge on any atom is -0.361 e. The van der Waals surface area contributed by atoms with E-state index in [1.54, 1.807) is 4.90 Å². The maximum Gasteiger partial charge on any atom is 0.264 e. The molecule has 2 aromatic heterocycles. The molecule has 6 heteroatoms. The number of amides is 2.